The second-order valence-corrected chi connectivity index (χ2v) is 8.47. The van der Waals surface area contributed by atoms with Gasteiger partial charge in [-0.15, -0.1) is 11.3 Å². The summed E-state index contributed by atoms with van der Waals surface area (Å²) in [6.07, 6.45) is 2.46. The van der Waals surface area contributed by atoms with Gasteiger partial charge in [0.2, 0.25) is 0 Å². The number of nitrogen functional groups attached to an aromatic ring is 1. The Labute approximate surface area is 190 Å². The quantitative estimate of drug-likeness (QED) is 0.438. The molecule has 0 saturated carbocycles. The number of carbonyl (C=O) groups excluding carboxylic acids is 2. The van der Waals surface area contributed by atoms with E-state index in [1.54, 1.807) is 41.7 Å². The predicted molar refractivity (Wildman–Crippen MR) is 127 cm³/mol. The van der Waals surface area contributed by atoms with Crippen LogP contribution in [0.5, 0.6) is 0 Å². The number of benzene rings is 2. The second kappa shape index (κ2) is 10.3. The minimum Gasteiger partial charge on any atom is -0.447 e. The third-order valence-corrected chi connectivity index (χ3v) is 6.09. The van der Waals surface area contributed by atoms with Gasteiger partial charge in [0.1, 0.15) is 6.61 Å². The fraction of sp³-hybridized carbons (Fsp3) is 0.250. The van der Waals surface area contributed by atoms with Crippen molar-refractivity contribution in [3.05, 3.63) is 65.5 Å². The number of amides is 2. The maximum absolute atomic E-state index is 12.7. The predicted octanol–water partition coefficient (Wildman–Crippen LogP) is 5.37. The molecule has 166 valence electrons. The average Bonchev–Trinajstić information content (AvgIpc) is 3.35. The van der Waals surface area contributed by atoms with Gasteiger partial charge in [-0.05, 0) is 72.7 Å². The number of ether oxygens (including phenoxy) is 2. The highest BCUT2D eigenvalue weighted by atomic mass is 32.1. The van der Waals surface area contributed by atoms with Gasteiger partial charge in [-0.3, -0.25) is 10.1 Å². The van der Waals surface area contributed by atoms with Gasteiger partial charge in [0, 0.05) is 22.7 Å². The zero-order chi connectivity index (χ0) is 22.3. The maximum Gasteiger partial charge on any atom is 0.411 e. The van der Waals surface area contributed by atoms with Crippen LogP contribution in [-0.4, -0.2) is 31.3 Å². The molecule has 1 aromatic heterocycles. The summed E-state index contributed by atoms with van der Waals surface area (Å²) in [6.45, 7) is 0.946. The van der Waals surface area contributed by atoms with E-state index in [-0.39, 0.29) is 18.6 Å². The van der Waals surface area contributed by atoms with Crippen molar-refractivity contribution in [2.75, 3.05) is 29.6 Å². The van der Waals surface area contributed by atoms with Crippen LogP contribution in [0.1, 0.15) is 29.6 Å². The lowest BCUT2D eigenvalue weighted by atomic mass is 10.1. The van der Waals surface area contributed by atoms with Crippen LogP contribution in [0.3, 0.4) is 0 Å². The van der Waals surface area contributed by atoms with Crippen LogP contribution < -0.4 is 16.4 Å². The first-order valence-electron chi connectivity index (χ1n) is 10.5. The van der Waals surface area contributed by atoms with Crippen LogP contribution in [0.25, 0.3) is 10.4 Å². The second-order valence-electron chi connectivity index (χ2n) is 7.52. The SMILES string of the molecule is Nc1ccc(-c2cccs2)cc1NC(=O)c1ccc(NC(=O)OCC2CCCCO2)cc1. The number of nitrogens with one attached hydrogen (secondary N) is 2. The summed E-state index contributed by atoms with van der Waals surface area (Å²) in [4.78, 5) is 25.8. The van der Waals surface area contributed by atoms with E-state index in [1.807, 2.05) is 29.6 Å². The number of hydrogen-bond acceptors (Lipinski definition) is 6. The smallest absolute Gasteiger partial charge is 0.411 e. The summed E-state index contributed by atoms with van der Waals surface area (Å²) in [5.74, 6) is -0.288. The van der Waals surface area contributed by atoms with Gasteiger partial charge >= 0.3 is 6.09 Å². The molecule has 32 heavy (non-hydrogen) atoms. The van der Waals surface area contributed by atoms with E-state index in [1.165, 1.54) is 0 Å². The lowest BCUT2D eigenvalue weighted by Gasteiger charge is -2.22. The van der Waals surface area contributed by atoms with Crippen LogP contribution >= 0.6 is 11.3 Å². The summed E-state index contributed by atoms with van der Waals surface area (Å²) in [6, 6.07) is 16.1. The molecule has 0 aliphatic carbocycles. The Balaban J connectivity index is 1.33. The standard InChI is InChI=1S/C24H25N3O4S/c25-20-11-8-17(22-5-3-13-32-22)14-21(20)27-23(28)16-6-9-18(10-7-16)26-24(29)31-15-19-4-1-2-12-30-19/h3,5-11,13-14,19H,1-2,4,12,15,25H2,(H,26,29)(H,27,28). The third kappa shape index (κ3) is 5.66. The molecule has 1 atom stereocenters. The first-order chi connectivity index (χ1) is 15.6. The monoisotopic (exact) mass is 451 g/mol. The Hall–Kier alpha value is -3.36. The Morgan fingerprint density at radius 2 is 1.94 bits per heavy atom. The summed E-state index contributed by atoms with van der Waals surface area (Å²) in [5, 5.41) is 7.52. The van der Waals surface area contributed by atoms with Gasteiger partial charge < -0.3 is 20.5 Å². The molecule has 2 amide bonds. The average molecular weight is 452 g/mol. The van der Waals surface area contributed by atoms with Crippen molar-refractivity contribution in [3.63, 3.8) is 0 Å². The van der Waals surface area contributed by atoms with Crippen LogP contribution in [0, 0.1) is 0 Å². The molecular weight excluding hydrogens is 426 g/mol. The molecule has 8 heteroatoms. The summed E-state index contributed by atoms with van der Waals surface area (Å²) < 4.78 is 10.8. The van der Waals surface area contributed by atoms with E-state index in [0.717, 1.165) is 29.7 Å². The molecule has 4 rings (SSSR count). The molecule has 0 radical (unpaired) electrons. The molecule has 1 fully saturated rings. The van der Waals surface area contributed by atoms with Gasteiger partial charge in [-0.2, -0.15) is 0 Å². The molecule has 0 bridgehead atoms. The lowest BCUT2D eigenvalue weighted by molar-refractivity contribution is -0.0203. The van der Waals surface area contributed by atoms with Crippen LogP contribution in [0.15, 0.2) is 60.0 Å². The largest absolute Gasteiger partial charge is 0.447 e. The summed E-state index contributed by atoms with van der Waals surface area (Å²) in [7, 11) is 0. The molecule has 1 aliphatic rings. The van der Waals surface area contributed by atoms with Crippen LogP contribution in [0.2, 0.25) is 0 Å². The fourth-order valence-corrected chi connectivity index (χ4v) is 4.15. The molecule has 1 saturated heterocycles. The van der Waals surface area contributed by atoms with Crippen molar-refractivity contribution in [1.29, 1.82) is 0 Å². The van der Waals surface area contributed by atoms with Crippen molar-refractivity contribution < 1.29 is 19.1 Å². The van der Waals surface area contributed by atoms with Crippen molar-refractivity contribution in [2.45, 2.75) is 25.4 Å². The number of thiophene rings is 1. The van der Waals surface area contributed by atoms with E-state index >= 15 is 0 Å². The van der Waals surface area contributed by atoms with Crippen molar-refractivity contribution in [3.8, 4) is 10.4 Å². The number of rotatable bonds is 6. The molecule has 3 aromatic rings. The molecule has 1 aliphatic heterocycles. The van der Waals surface area contributed by atoms with E-state index < -0.39 is 6.09 Å². The van der Waals surface area contributed by atoms with Gasteiger partial charge in [0.05, 0.1) is 17.5 Å². The molecular formula is C24H25N3O4S. The summed E-state index contributed by atoms with van der Waals surface area (Å²) in [5.41, 5.74) is 9.06. The van der Waals surface area contributed by atoms with Gasteiger partial charge in [0.15, 0.2) is 0 Å². The molecule has 2 heterocycles. The molecule has 4 N–H and O–H groups in total. The van der Waals surface area contributed by atoms with Crippen LogP contribution in [0.4, 0.5) is 21.9 Å². The van der Waals surface area contributed by atoms with E-state index in [9.17, 15) is 9.59 Å². The number of nitrogens with two attached hydrogens (primary N) is 1. The number of anilines is 3. The van der Waals surface area contributed by atoms with E-state index in [2.05, 4.69) is 10.6 Å². The highest BCUT2D eigenvalue weighted by Crippen LogP contribution is 2.30. The topological polar surface area (TPSA) is 103 Å². The van der Waals surface area contributed by atoms with Gasteiger partial charge in [-0.1, -0.05) is 12.1 Å². The minimum absolute atomic E-state index is 0.0358. The fourth-order valence-electron chi connectivity index (χ4n) is 3.42. The minimum atomic E-state index is -0.547. The maximum atomic E-state index is 12.7. The Kier molecular flexibility index (Phi) is 7.03. The van der Waals surface area contributed by atoms with Crippen LogP contribution in [-0.2, 0) is 9.47 Å². The highest BCUT2D eigenvalue weighted by molar-refractivity contribution is 7.13. The normalized spacial score (nSPS) is 15.7. The Morgan fingerprint density at radius 1 is 1.09 bits per heavy atom. The van der Waals surface area contributed by atoms with E-state index in [0.29, 0.717) is 29.2 Å². The molecule has 1 unspecified atom stereocenters. The zero-order valence-corrected chi connectivity index (χ0v) is 18.3. The third-order valence-electron chi connectivity index (χ3n) is 5.17. The number of hydrogen-bond donors (Lipinski definition) is 3. The van der Waals surface area contributed by atoms with Crippen molar-refractivity contribution in [2.24, 2.45) is 0 Å². The first-order valence-corrected chi connectivity index (χ1v) is 11.4. The Bertz CT molecular complexity index is 1060. The molecule has 0 spiro atoms. The van der Waals surface area contributed by atoms with Crippen molar-refractivity contribution >= 4 is 40.4 Å². The van der Waals surface area contributed by atoms with Gasteiger partial charge in [0.25, 0.3) is 5.91 Å². The van der Waals surface area contributed by atoms with E-state index in [4.69, 9.17) is 15.2 Å². The van der Waals surface area contributed by atoms with Gasteiger partial charge in [-0.25, -0.2) is 4.79 Å². The zero-order valence-electron chi connectivity index (χ0n) is 17.5. The highest BCUT2D eigenvalue weighted by Gasteiger charge is 2.16. The Morgan fingerprint density at radius 3 is 2.66 bits per heavy atom. The number of carbonyl (C=O) groups is 2. The molecule has 2 aromatic carbocycles. The lowest BCUT2D eigenvalue weighted by Crippen LogP contribution is -2.27. The summed E-state index contributed by atoms with van der Waals surface area (Å²) >= 11 is 1.62. The van der Waals surface area contributed by atoms with Crippen molar-refractivity contribution in [1.82, 2.24) is 0 Å². The molecule has 7 nitrogen and oxygen atoms in total. The first kappa shape index (κ1) is 21.9.